The number of unbranched alkanes of at least 4 members (excludes halogenated alkanes) is 18. The van der Waals surface area contributed by atoms with Gasteiger partial charge in [0, 0.05) is 19.3 Å². The summed E-state index contributed by atoms with van der Waals surface area (Å²) in [5.41, 5.74) is 0. The van der Waals surface area contributed by atoms with Gasteiger partial charge in [-0.25, -0.2) is 0 Å². The van der Waals surface area contributed by atoms with Gasteiger partial charge in [0.25, 0.3) is 0 Å². The van der Waals surface area contributed by atoms with Crippen LogP contribution >= 0.6 is 0 Å². The molecule has 326 valence electrons. The van der Waals surface area contributed by atoms with Gasteiger partial charge >= 0.3 is 17.9 Å². The van der Waals surface area contributed by atoms with Crippen LogP contribution in [0.25, 0.3) is 0 Å². The average Bonchev–Trinajstić information content (AvgIpc) is 3.21. The highest BCUT2D eigenvalue weighted by Crippen LogP contribution is 2.12. The fraction of sp³-hybridized carbons (Fsp3) is 0.706. The van der Waals surface area contributed by atoms with Crippen LogP contribution in [0.15, 0.2) is 72.9 Å². The second-order valence-corrected chi connectivity index (χ2v) is 15.3. The van der Waals surface area contributed by atoms with E-state index in [1.807, 2.05) is 0 Å². The molecule has 0 atom stereocenters. The first kappa shape index (κ1) is 53.9. The van der Waals surface area contributed by atoms with Crippen LogP contribution in [0, 0.1) is 0 Å². The molecule has 0 unspecified atom stereocenters. The number of allylic oxidation sites excluding steroid dienone is 12. The monoisotopic (exact) mass is 795 g/mol. The molecule has 0 amide bonds. The van der Waals surface area contributed by atoms with E-state index >= 15 is 0 Å². The third-order valence-electron chi connectivity index (χ3n) is 9.65. The Morgan fingerprint density at radius 1 is 0.351 bits per heavy atom. The van der Waals surface area contributed by atoms with E-state index in [4.69, 9.17) is 14.2 Å². The van der Waals surface area contributed by atoms with Crippen LogP contribution in [0.4, 0.5) is 0 Å². The fourth-order valence-electron chi connectivity index (χ4n) is 6.04. The Morgan fingerprint density at radius 3 is 1.11 bits per heavy atom. The molecule has 0 aromatic heterocycles. The number of esters is 3. The zero-order chi connectivity index (χ0) is 41.5. The van der Waals surface area contributed by atoms with Crippen molar-refractivity contribution in [3.05, 3.63) is 72.9 Å². The Balaban J connectivity index is 4.50. The summed E-state index contributed by atoms with van der Waals surface area (Å²) in [5, 5.41) is 0. The number of hydrogen-bond acceptors (Lipinski definition) is 6. The highest BCUT2D eigenvalue weighted by Gasteiger charge is 2.19. The molecule has 0 aromatic carbocycles. The lowest BCUT2D eigenvalue weighted by molar-refractivity contribution is -0.167. The van der Waals surface area contributed by atoms with Crippen LogP contribution in [-0.4, -0.2) is 37.2 Å². The molecule has 0 spiro atoms. The minimum absolute atomic E-state index is 0.105. The van der Waals surface area contributed by atoms with Crippen molar-refractivity contribution in [2.24, 2.45) is 0 Å². The van der Waals surface area contributed by atoms with Crippen LogP contribution in [-0.2, 0) is 28.6 Å². The predicted molar refractivity (Wildman–Crippen MR) is 242 cm³/mol. The van der Waals surface area contributed by atoms with E-state index in [9.17, 15) is 14.4 Å². The molecule has 0 N–H and O–H groups in total. The van der Waals surface area contributed by atoms with Crippen LogP contribution < -0.4 is 0 Å². The summed E-state index contributed by atoms with van der Waals surface area (Å²) in [4.78, 5) is 37.7. The van der Waals surface area contributed by atoms with Crippen molar-refractivity contribution < 1.29 is 28.6 Å². The van der Waals surface area contributed by atoms with Gasteiger partial charge in [0.15, 0.2) is 6.10 Å². The summed E-state index contributed by atoms with van der Waals surface area (Å²) in [7, 11) is 0. The van der Waals surface area contributed by atoms with E-state index in [0.717, 1.165) is 89.9 Å². The Hall–Kier alpha value is -3.15. The van der Waals surface area contributed by atoms with Crippen molar-refractivity contribution in [3.8, 4) is 0 Å². The van der Waals surface area contributed by atoms with Gasteiger partial charge < -0.3 is 14.2 Å². The summed E-state index contributed by atoms with van der Waals surface area (Å²) in [5.74, 6) is -0.986. The van der Waals surface area contributed by atoms with Crippen molar-refractivity contribution in [2.45, 2.75) is 219 Å². The summed E-state index contributed by atoms with van der Waals surface area (Å²) < 4.78 is 16.6. The summed E-state index contributed by atoms with van der Waals surface area (Å²) >= 11 is 0. The van der Waals surface area contributed by atoms with Gasteiger partial charge in [-0.2, -0.15) is 0 Å². The third kappa shape index (κ3) is 43.8. The molecule has 57 heavy (non-hydrogen) atoms. The molecule has 0 radical (unpaired) electrons. The zero-order valence-electron chi connectivity index (χ0n) is 37.1. The molecule has 6 nitrogen and oxygen atoms in total. The van der Waals surface area contributed by atoms with Crippen molar-refractivity contribution in [1.82, 2.24) is 0 Å². The first-order valence-electron chi connectivity index (χ1n) is 23.4. The molecule has 0 aliphatic rings. The molecule has 6 heteroatoms. The summed E-state index contributed by atoms with van der Waals surface area (Å²) in [6.07, 6.45) is 56.0. The molecule has 0 aliphatic heterocycles. The molecule has 0 saturated heterocycles. The van der Waals surface area contributed by atoms with E-state index in [2.05, 4.69) is 93.7 Å². The maximum absolute atomic E-state index is 12.7. The first-order chi connectivity index (χ1) is 28.0. The predicted octanol–water partition coefficient (Wildman–Crippen LogP) is 15.1. The minimum Gasteiger partial charge on any atom is -0.462 e. The van der Waals surface area contributed by atoms with Gasteiger partial charge in [-0.15, -0.1) is 0 Å². The fourth-order valence-corrected chi connectivity index (χ4v) is 6.04. The van der Waals surface area contributed by atoms with E-state index in [-0.39, 0.29) is 37.5 Å². The van der Waals surface area contributed by atoms with E-state index in [1.54, 1.807) is 0 Å². The number of carbonyl (C=O) groups excluding carboxylic acids is 3. The van der Waals surface area contributed by atoms with Crippen molar-refractivity contribution in [2.75, 3.05) is 13.2 Å². The highest BCUT2D eigenvalue weighted by atomic mass is 16.6. The Labute approximate surface area is 351 Å². The molecule has 0 saturated carbocycles. The second kappa shape index (κ2) is 45.6. The smallest absolute Gasteiger partial charge is 0.306 e. The van der Waals surface area contributed by atoms with E-state index in [1.165, 1.54) is 77.0 Å². The first-order valence-corrected chi connectivity index (χ1v) is 23.4. The molecule has 0 heterocycles. The maximum Gasteiger partial charge on any atom is 0.306 e. The van der Waals surface area contributed by atoms with Gasteiger partial charge in [0.05, 0.1) is 0 Å². The number of ether oxygens (including phenoxy) is 3. The van der Waals surface area contributed by atoms with Crippen molar-refractivity contribution in [3.63, 3.8) is 0 Å². The van der Waals surface area contributed by atoms with Gasteiger partial charge in [-0.3, -0.25) is 14.4 Å². The Kier molecular flexibility index (Phi) is 43.0. The Morgan fingerprint density at radius 2 is 0.667 bits per heavy atom. The Bertz CT molecular complexity index is 1050. The van der Waals surface area contributed by atoms with E-state index < -0.39 is 6.10 Å². The molecular formula is C51H86O6. The number of carbonyl (C=O) groups is 3. The number of rotatable bonds is 41. The molecule has 0 aliphatic carbocycles. The normalized spacial score (nSPS) is 12.2. The summed E-state index contributed by atoms with van der Waals surface area (Å²) in [6.45, 7) is 6.45. The van der Waals surface area contributed by atoms with Crippen LogP contribution in [0.1, 0.15) is 213 Å². The SMILES string of the molecule is CCCC/C=C\CCCCCCCC(=O)OCC(COC(=O)CCCCCCC/C=C\CCCC)OC(=O)CCC/C=C\C/C=C\C/C=C\C/C=C\CCCCC. The molecule has 0 fully saturated rings. The van der Waals surface area contributed by atoms with Gasteiger partial charge in [0.2, 0.25) is 0 Å². The van der Waals surface area contributed by atoms with Gasteiger partial charge in [0.1, 0.15) is 13.2 Å². The molecule has 0 bridgehead atoms. The van der Waals surface area contributed by atoms with Gasteiger partial charge in [-0.05, 0) is 96.3 Å². The quantitative estimate of drug-likeness (QED) is 0.0265. The number of hydrogen-bond donors (Lipinski definition) is 0. The minimum atomic E-state index is -0.808. The van der Waals surface area contributed by atoms with Gasteiger partial charge in [-0.1, -0.05) is 171 Å². The zero-order valence-corrected chi connectivity index (χ0v) is 37.1. The topological polar surface area (TPSA) is 78.9 Å². The average molecular weight is 795 g/mol. The molecule has 0 rings (SSSR count). The third-order valence-corrected chi connectivity index (χ3v) is 9.65. The van der Waals surface area contributed by atoms with Crippen LogP contribution in [0.2, 0.25) is 0 Å². The molecular weight excluding hydrogens is 709 g/mol. The summed E-state index contributed by atoms with van der Waals surface area (Å²) in [6, 6.07) is 0. The lowest BCUT2D eigenvalue weighted by atomic mass is 10.1. The van der Waals surface area contributed by atoms with Crippen molar-refractivity contribution >= 4 is 17.9 Å². The largest absolute Gasteiger partial charge is 0.462 e. The highest BCUT2D eigenvalue weighted by molar-refractivity contribution is 5.71. The van der Waals surface area contributed by atoms with Crippen LogP contribution in [0.5, 0.6) is 0 Å². The van der Waals surface area contributed by atoms with Crippen molar-refractivity contribution in [1.29, 1.82) is 0 Å². The lowest BCUT2D eigenvalue weighted by Gasteiger charge is -2.18. The van der Waals surface area contributed by atoms with E-state index in [0.29, 0.717) is 19.3 Å². The molecule has 0 aromatic rings. The second-order valence-electron chi connectivity index (χ2n) is 15.3. The lowest BCUT2D eigenvalue weighted by Crippen LogP contribution is -2.30. The maximum atomic E-state index is 12.7. The standard InChI is InChI=1S/C51H86O6/c1-4-7-10-13-16-19-22-23-24-25-26-27-30-33-36-39-42-45-51(54)57-48(46-55-49(52)43-40-37-34-31-28-20-17-14-11-8-5-2)47-56-50(53)44-41-38-35-32-29-21-18-15-12-9-6-3/h14-19,23-24,26-27,33,36,48H,4-13,20-22,25,28-32,34-35,37-47H2,1-3H3/b17-14-,18-15-,19-16-,24-23-,27-26-,36-33-. The van der Waals surface area contributed by atoms with Crippen LogP contribution in [0.3, 0.4) is 0 Å².